The van der Waals surface area contributed by atoms with E-state index < -0.39 is 0 Å². The second-order valence-corrected chi connectivity index (χ2v) is 2.93. The summed E-state index contributed by atoms with van der Waals surface area (Å²) in [5.41, 5.74) is 0. The second kappa shape index (κ2) is 5.51. The molecule has 1 fully saturated rings. The number of piperazine rings is 1. The van der Waals surface area contributed by atoms with Crippen molar-refractivity contribution in [3.63, 3.8) is 0 Å². The van der Waals surface area contributed by atoms with Crippen molar-refractivity contribution < 1.29 is 0 Å². The van der Waals surface area contributed by atoms with E-state index in [9.17, 15) is 0 Å². The molecule has 2 N–H and O–H groups in total. The molecule has 0 aromatic rings. The van der Waals surface area contributed by atoms with Crippen LogP contribution in [0, 0.1) is 11.5 Å². The van der Waals surface area contributed by atoms with Crippen LogP contribution in [0.1, 0.15) is 0 Å². The van der Waals surface area contributed by atoms with Crippen molar-refractivity contribution in [2.45, 2.75) is 0 Å². The summed E-state index contributed by atoms with van der Waals surface area (Å²) >= 11 is 0. The van der Waals surface area contributed by atoms with Crippen LogP contribution in [0.4, 0.5) is 0 Å². The fourth-order valence-electron chi connectivity index (χ4n) is 1.31. The van der Waals surface area contributed by atoms with Crippen LogP contribution in [-0.4, -0.2) is 50.5 Å². The Hall–Kier alpha value is -1.12. The minimum atomic E-state index is 0.740. The van der Waals surface area contributed by atoms with E-state index in [0.29, 0.717) is 0 Å². The summed E-state index contributed by atoms with van der Waals surface area (Å²) in [5.74, 6) is 0.740. The lowest BCUT2D eigenvalue weighted by Gasteiger charge is -2.26. The predicted molar refractivity (Wildman–Crippen MR) is 51.4 cm³/mol. The summed E-state index contributed by atoms with van der Waals surface area (Å²) in [7, 11) is 1.70. The van der Waals surface area contributed by atoms with Gasteiger partial charge in [0.2, 0.25) is 0 Å². The van der Waals surface area contributed by atoms with E-state index in [1.165, 1.54) is 0 Å². The Labute approximate surface area is 78.4 Å². The highest BCUT2D eigenvalue weighted by atomic mass is 15.2. The van der Waals surface area contributed by atoms with Gasteiger partial charge in [-0.25, -0.2) is 0 Å². The largest absolute Gasteiger partial charge is 0.314 e. The Kier molecular flexibility index (Phi) is 4.23. The number of amidine groups is 1. The van der Waals surface area contributed by atoms with Gasteiger partial charge in [0, 0.05) is 33.2 Å². The normalized spacial score (nSPS) is 19.5. The molecular formula is C8H15N5. The highest BCUT2D eigenvalue weighted by Crippen LogP contribution is 1.91. The van der Waals surface area contributed by atoms with E-state index >= 15 is 0 Å². The Balaban J connectivity index is 2.33. The van der Waals surface area contributed by atoms with Crippen molar-refractivity contribution in [2.75, 3.05) is 39.8 Å². The van der Waals surface area contributed by atoms with Crippen molar-refractivity contribution in [1.29, 1.82) is 5.26 Å². The van der Waals surface area contributed by atoms with Gasteiger partial charge in [0.25, 0.3) is 0 Å². The van der Waals surface area contributed by atoms with Crippen molar-refractivity contribution in [2.24, 2.45) is 4.99 Å². The summed E-state index contributed by atoms with van der Waals surface area (Å²) in [6.07, 6.45) is 1.89. The standard InChI is InChI=1S/C8H15N5/c1-10-8(12-7-9)6-13-4-2-11-3-5-13/h11H,2-6H2,1H3,(H,10,12). The Morgan fingerprint density at radius 3 is 2.85 bits per heavy atom. The third kappa shape index (κ3) is 3.40. The van der Waals surface area contributed by atoms with Crippen LogP contribution >= 0.6 is 0 Å². The first-order valence-electron chi connectivity index (χ1n) is 4.40. The topological polar surface area (TPSA) is 63.4 Å². The fraction of sp³-hybridized carbons (Fsp3) is 0.750. The fourth-order valence-corrected chi connectivity index (χ4v) is 1.31. The van der Waals surface area contributed by atoms with Gasteiger partial charge in [-0.15, -0.1) is 0 Å². The average Bonchev–Trinajstić information content (AvgIpc) is 2.19. The number of nitrogens with zero attached hydrogens (tertiary/aromatic N) is 3. The van der Waals surface area contributed by atoms with Crippen LogP contribution in [0.5, 0.6) is 0 Å². The van der Waals surface area contributed by atoms with E-state index in [-0.39, 0.29) is 0 Å². The molecule has 0 unspecified atom stereocenters. The van der Waals surface area contributed by atoms with Crippen LogP contribution in [0.3, 0.4) is 0 Å². The number of nitrogens with one attached hydrogen (secondary N) is 2. The molecule has 1 heterocycles. The van der Waals surface area contributed by atoms with Crippen molar-refractivity contribution >= 4 is 5.84 Å². The molecule has 1 saturated heterocycles. The molecule has 0 bridgehead atoms. The van der Waals surface area contributed by atoms with Crippen molar-refractivity contribution in [3.8, 4) is 6.19 Å². The van der Waals surface area contributed by atoms with Gasteiger partial charge in [-0.1, -0.05) is 0 Å². The predicted octanol–water partition coefficient (Wildman–Crippen LogP) is -1.01. The van der Waals surface area contributed by atoms with Crippen molar-refractivity contribution in [1.82, 2.24) is 15.5 Å². The molecule has 0 spiro atoms. The summed E-state index contributed by atoms with van der Waals surface area (Å²) in [6, 6.07) is 0. The van der Waals surface area contributed by atoms with Gasteiger partial charge in [-0.2, -0.15) is 5.26 Å². The molecular weight excluding hydrogens is 166 g/mol. The summed E-state index contributed by atoms with van der Waals surface area (Å²) < 4.78 is 0. The van der Waals surface area contributed by atoms with Crippen molar-refractivity contribution in [3.05, 3.63) is 0 Å². The monoisotopic (exact) mass is 181 g/mol. The molecule has 0 aromatic heterocycles. The zero-order chi connectivity index (χ0) is 9.52. The molecule has 5 nitrogen and oxygen atoms in total. The maximum Gasteiger partial charge on any atom is 0.182 e. The van der Waals surface area contributed by atoms with E-state index in [1.807, 2.05) is 6.19 Å². The van der Waals surface area contributed by atoms with Crippen LogP contribution in [-0.2, 0) is 0 Å². The van der Waals surface area contributed by atoms with Gasteiger partial charge in [0.05, 0.1) is 6.54 Å². The molecule has 13 heavy (non-hydrogen) atoms. The Morgan fingerprint density at radius 1 is 1.62 bits per heavy atom. The van der Waals surface area contributed by atoms with Crippen LogP contribution in [0.15, 0.2) is 4.99 Å². The highest BCUT2D eigenvalue weighted by molar-refractivity contribution is 5.85. The molecule has 0 saturated carbocycles. The lowest BCUT2D eigenvalue weighted by Crippen LogP contribution is -2.47. The Morgan fingerprint density at radius 2 is 2.31 bits per heavy atom. The zero-order valence-corrected chi connectivity index (χ0v) is 7.88. The first kappa shape index (κ1) is 9.96. The molecule has 1 aliphatic heterocycles. The number of aliphatic imine (C=N–C) groups is 1. The van der Waals surface area contributed by atoms with Crippen LogP contribution in [0.25, 0.3) is 0 Å². The SMILES string of the molecule is CN=C(CN1CCNCC1)NC#N. The van der Waals surface area contributed by atoms with Gasteiger partial charge in [-0.05, 0) is 0 Å². The van der Waals surface area contributed by atoms with Gasteiger partial charge in [0.15, 0.2) is 6.19 Å². The molecule has 0 amide bonds. The lowest BCUT2D eigenvalue weighted by atomic mass is 10.3. The van der Waals surface area contributed by atoms with Gasteiger partial charge < -0.3 is 5.32 Å². The number of hydrogen-bond acceptors (Lipinski definition) is 4. The maximum absolute atomic E-state index is 8.42. The number of nitriles is 1. The summed E-state index contributed by atoms with van der Waals surface area (Å²) in [4.78, 5) is 6.26. The van der Waals surface area contributed by atoms with Gasteiger partial charge >= 0.3 is 0 Å². The maximum atomic E-state index is 8.42. The zero-order valence-electron chi connectivity index (χ0n) is 7.88. The summed E-state index contributed by atoms with van der Waals surface area (Å²) in [5, 5.41) is 14.3. The molecule has 5 heteroatoms. The third-order valence-corrected chi connectivity index (χ3v) is 2.05. The molecule has 0 atom stereocenters. The lowest BCUT2D eigenvalue weighted by molar-refractivity contribution is 0.270. The Bertz CT molecular complexity index is 211. The van der Waals surface area contributed by atoms with E-state index in [0.717, 1.165) is 38.6 Å². The van der Waals surface area contributed by atoms with E-state index in [2.05, 4.69) is 20.5 Å². The quantitative estimate of drug-likeness (QED) is 0.248. The minimum Gasteiger partial charge on any atom is -0.314 e. The highest BCUT2D eigenvalue weighted by Gasteiger charge is 2.11. The van der Waals surface area contributed by atoms with Gasteiger partial charge in [-0.3, -0.25) is 15.2 Å². The number of hydrogen-bond donors (Lipinski definition) is 2. The molecule has 1 aliphatic rings. The molecule has 1 rings (SSSR count). The first-order chi connectivity index (χ1) is 6.36. The number of rotatable bonds is 2. The first-order valence-corrected chi connectivity index (χ1v) is 4.40. The van der Waals surface area contributed by atoms with E-state index in [4.69, 9.17) is 5.26 Å². The molecule has 72 valence electrons. The molecule has 0 aliphatic carbocycles. The molecule has 0 radical (unpaired) electrons. The summed E-state index contributed by atoms with van der Waals surface area (Å²) in [6.45, 7) is 4.82. The third-order valence-electron chi connectivity index (χ3n) is 2.05. The minimum absolute atomic E-state index is 0.740. The van der Waals surface area contributed by atoms with Crippen LogP contribution in [0.2, 0.25) is 0 Å². The second-order valence-electron chi connectivity index (χ2n) is 2.93. The smallest absolute Gasteiger partial charge is 0.182 e. The molecule has 0 aromatic carbocycles. The van der Waals surface area contributed by atoms with Gasteiger partial charge in [0.1, 0.15) is 5.84 Å². The van der Waals surface area contributed by atoms with Crippen LogP contribution < -0.4 is 10.6 Å². The van der Waals surface area contributed by atoms with E-state index in [1.54, 1.807) is 7.05 Å². The average molecular weight is 181 g/mol.